The van der Waals surface area contributed by atoms with Gasteiger partial charge < -0.3 is 5.32 Å². The van der Waals surface area contributed by atoms with Crippen LogP contribution in [-0.2, 0) is 13.6 Å². The maximum absolute atomic E-state index is 4.41. The molecule has 2 heterocycles. The number of rotatable bonds is 3. The van der Waals surface area contributed by atoms with E-state index >= 15 is 0 Å². The Morgan fingerprint density at radius 3 is 2.47 bits per heavy atom. The molecule has 0 amide bonds. The smallest absolute Gasteiger partial charge is 0.0827 e. The number of thiophene rings is 1. The van der Waals surface area contributed by atoms with Gasteiger partial charge in [0.1, 0.15) is 0 Å². The van der Waals surface area contributed by atoms with E-state index in [-0.39, 0.29) is 0 Å². The van der Waals surface area contributed by atoms with E-state index in [4.69, 9.17) is 0 Å². The van der Waals surface area contributed by atoms with Crippen LogP contribution in [-0.4, -0.2) is 9.78 Å². The lowest BCUT2D eigenvalue weighted by molar-refractivity contribution is 0.731. The quantitative estimate of drug-likeness (QED) is 0.904. The summed E-state index contributed by atoms with van der Waals surface area (Å²) in [6.45, 7) is 9.35. The van der Waals surface area contributed by atoms with Gasteiger partial charge in [0.25, 0.3) is 0 Å². The number of aryl methyl sites for hydroxylation is 4. The van der Waals surface area contributed by atoms with Crippen LogP contribution in [0.1, 0.15) is 26.7 Å². The topological polar surface area (TPSA) is 29.9 Å². The number of hydrogen-bond acceptors (Lipinski definition) is 3. The first-order valence-electron chi connectivity index (χ1n) is 5.79. The van der Waals surface area contributed by atoms with Crippen molar-refractivity contribution in [2.75, 3.05) is 5.32 Å². The van der Waals surface area contributed by atoms with Crippen LogP contribution in [0.3, 0.4) is 0 Å². The number of hydrogen-bond donors (Lipinski definition) is 1. The molecular weight excluding hydrogens is 230 g/mol. The predicted molar refractivity (Wildman–Crippen MR) is 73.8 cm³/mol. The molecule has 0 radical (unpaired) electrons. The Balaban J connectivity index is 2.15. The average molecular weight is 249 g/mol. The highest BCUT2D eigenvalue weighted by Crippen LogP contribution is 2.23. The third kappa shape index (κ3) is 2.36. The lowest BCUT2D eigenvalue weighted by Crippen LogP contribution is -2.01. The van der Waals surface area contributed by atoms with Crippen LogP contribution in [0.2, 0.25) is 0 Å². The van der Waals surface area contributed by atoms with Crippen molar-refractivity contribution in [1.29, 1.82) is 0 Å². The number of aromatic nitrogens is 2. The highest BCUT2D eigenvalue weighted by molar-refractivity contribution is 7.12. The second-order valence-electron chi connectivity index (χ2n) is 4.46. The summed E-state index contributed by atoms with van der Waals surface area (Å²) in [4.78, 5) is 2.77. The van der Waals surface area contributed by atoms with Gasteiger partial charge in [-0.15, -0.1) is 11.3 Å². The molecule has 2 aromatic rings. The first-order valence-corrected chi connectivity index (χ1v) is 6.60. The van der Waals surface area contributed by atoms with Crippen LogP contribution in [0.5, 0.6) is 0 Å². The van der Waals surface area contributed by atoms with Gasteiger partial charge in [-0.3, -0.25) is 4.68 Å². The second-order valence-corrected chi connectivity index (χ2v) is 5.92. The Morgan fingerprint density at radius 2 is 2.00 bits per heavy atom. The van der Waals surface area contributed by atoms with E-state index in [1.165, 1.54) is 21.0 Å². The van der Waals surface area contributed by atoms with Gasteiger partial charge in [-0.05, 0) is 39.3 Å². The van der Waals surface area contributed by atoms with E-state index in [1.54, 1.807) is 0 Å². The summed E-state index contributed by atoms with van der Waals surface area (Å²) in [5, 5.41) is 7.90. The second kappa shape index (κ2) is 4.53. The van der Waals surface area contributed by atoms with E-state index in [0.29, 0.717) is 0 Å². The zero-order valence-electron chi connectivity index (χ0n) is 11.1. The van der Waals surface area contributed by atoms with Crippen molar-refractivity contribution in [3.05, 3.63) is 32.8 Å². The van der Waals surface area contributed by atoms with E-state index in [1.807, 2.05) is 30.0 Å². The van der Waals surface area contributed by atoms with Crippen molar-refractivity contribution >= 4 is 17.0 Å². The highest BCUT2D eigenvalue weighted by Gasteiger charge is 2.09. The summed E-state index contributed by atoms with van der Waals surface area (Å²) in [5.41, 5.74) is 4.80. The Morgan fingerprint density at radius 1 is 1.29 bits per heavy atom. The molecule has 0 aliphatic rings. The van der Waals surface area contributed by atoms with Crippen molar-refractivity contribution in [3.63, 3.8) is 0 Å². The number of anilines is 1. The van der Waals surface area contributed by atoms with Crippen LogP contribution < -0.4 is 5.32 Å². The maximum atomic E-state index is 4.41. The Kier molecular flexibility index (Phi) is 3.24. The molecule has 2 aromatic heterocycles. The predicted octanol–water partition coefficient (Wildman–Crippen LogP) is 3.33. The van der Waals surface area contributed by atoms with Gasteiger partial charge in [0.05, 0.1) is 17.1 Å². The van der Waals surface area contributed by atoms with E-state index in [0.717, 1.165) is 17.9 Å². The lowest BCUT2D eigenvalue weighted by atomic mass is 10.2. The highest BCUT2D eigenvalue weighted by atomic mass is 32.1. The molecular formula is C13H19N3S. The molecule has 2 rings (SSSR count). The molecule has 0 saturated carbocycles. The van der Waals surface area contributed by atoms with Crippen LogP contribution in [0, 0.1) is 27.7 Å². The molecule has 1 N–H and O–H groups in total. The van der Waals surface area contributed by atoms with Gasteiger partial charge in [-0.1, -0.05) is 0 Å². The summed E-state index contributed by atoms with van der Waals surface area (Å²) in [7, 11) is 1.98. The monoisotopic (exact) mass is 249 g/mol. The molecule has 4 heteroatoms. The van der Waals surface area contributed by atoms with Gasteiger partial charge in [0, 0.05) is 23.3 Å². The normalized spacial score (nSPS) is 10.9. The molecule has 0 atom stereocenters. The summed E-state index contributed by atoms with van der Waals surface area (Å²) >= 11 is 1.86. The first-order chi connectivity index (χ1) is 7.99. The zero-order valence-corrected chi connectivity index (χ0v) is 11.9. The minimum Gasteiger partial charge on any atom is -0.378 e. The van der Waals surface area contributed by atoms with Gasteiger partial charge >= 0.3 is 0 Å². The number of nitrogens with zero attached hydrogens (tertiary/aromatic N) is 2. The van der Waals surface area contributed by atoms with Crippen LogP contribution in [0.25, 0.3) is 0 Å². The minimum absolute atomic E-state index is 0.879. The van der Waals surface area contributed by atoms with E-state index < -0.39 is 0 Å². The lowest BCUT2D eigenvalue weighted by Gasteiger charge is -2.06. The van der Waals surface area contributed by atoms with Crippen molar-refractivity contribution in [1.82, 2.24) is 9.78 Å². The van der Waals surface area contributed by atoms with Crippen molar-refractivity contribution in [3.8, 4) is 0 Å². The molecule has 3 nitrogen and oxygen atoms in total. The van der Waals surface area contributed by atoms with E-state index in [2.05, 4.69) is 37.3 Å². The van der Waals surface area contributed by atoms with Crippen LogP contribution >= 0.6 is 11.3 Å². The molecule has 0 aromatic carbocycles. The molecule has 0 unspecified atom stereocenters. The van der Waals surface area contributed by atoms with Crippen LogP contribution in [0.15, 0.2) is 6.07 Å². The fourth-order valence-electron chi connectivity index (χ4n) is 2.07. The largest absolute Gasteiger partial charge is 0.378 e. The summed E-state index contributed by atoms with van der Waals surface area (Å²) in [6.07, 6.45) is 0. The molecule has 0 spiro atoms. The zero-order chi connectivity index (χ0) is 12.6. The minimum atomic E-state index is 0.879. The van der Waals surface area contributed by atoms with Gasteiger partial charge in [0.15, 0.2) is 0 Å². The molecule has 17 heavy (non-hydrogen) atoms. The van der Waals surface area contributed by atoms with Gasteiger partial charge in [0.2, 0.25) is 0 Å². The fraction of sp³-hybridized carbons (Fsp3) is 0.462. The third-order valence-electron chi connectivity index (χ3n) is 3.11. The Bertz CT molecular complexity index is 537. The molecule has 0 aliphatic carbocycles. The van der Waals surface area contributed by atoms with Crippen molar-refractivity contribution in [2.45, 2.75) is 34.2 Å². The molecule has 92 valence electrons. The molecule has 0 fully saturated rings. The molecule has 0 aliphatic heterocycles. The number of nitrogens with one attached hydrogen (secondary N) is 1. The van der Waals surface area contributed by atoms with Gasteiger partial charge in [-0.2, -0.15) is 5.10 Å². The Labute approximate surface area is 106 Å². The fourth-order valence-corrected chi connectivity index (χ4v) is 3.02. The van der Waals surface area contributed by atoms with Crippen LogP contribution in [0.4, 0.5) is 5.69 Å². The summed E-state index contributed by atoms with van der Waals surface area (Å²) < 4.78 is 1.92. The molecule has 0 saturated heterocycles. The van der Waals surface area contributed by atoms with Gasteiger partial charge in [-0.25, -0.2) is 0 Å². The van der Waals surface area contributed by atoms with E-state index in [9.17, 15) is 0 Å². The summed E-state index contributed by atoms with van der Waals surface area (Å²) in [6, 6.07) is 2.26. The third-order valence-corrected chi connectivity index (χ3v) is 4.12. The Hall–Kier alpha value is -1.29. The summed E-state index contributed by atoms with van der Waals surface area (Å²) in [5.74, 6) is 0. The van der Waals surface area contributed by atoms with Crippen molar-refractivity contribution < 1.29 is 0 Å². The average Bonchev–Trinajstić information content (AvgIpc) is 2.67. The van der Waals surface area contributed by atoms with Crippen molar-refractivity contribution in [2.24, 2.45) is 7.05 Å². The standard InChI is InChI=1S/C13H19N3S/c1-8-6-12(11(4)17-8)7-14-13-9(2)15-16(5)10(13)3/h6,14H,7H2,1-5H3. The maximum Gasteiger partial charge on any atom is 0.0827 e. The first kappa shape index (κ1) is 12.2. The molecule has 0 bridgehead atoms. The SMILES string of the molecule is Cc1cc(CNc2c(C)nn(C)c2C)c(C)s1.